The molecular weight excluding hydrogens is 300 g/mol. The number of aryl methyl sites for hydroxylation is 2. The highest BCUT2D eigenvalue weighted by Crippen LogP contribution is 2.48. The van der Waals surface area contributed by atoms with Crippen LogP contribution in [0.3, 0.4) is 0 Å². The Morgan fingerprint density at radius 2 is 1.28 bits per heavy atom. The van der Waals surface area contributed by atoms with Crippen molar-refractivity contribution in [2.45, 2.75) is 71.6 Å². The van der Waals surface area contributed by atoms with Crippen LogP contribution in [0.2, 0.25) is 0 Å². The molecule has 2 aliphatic rings. The van der Waals surface area contributed by atoms with Crippen LogP contribution in [0.5, 0.6) is 0 Å². The lowest BCUT2D eigenvalue weighted by molar-refractivity contribution is 0.331. The van der Waals surface area contributed by atoms with Crippen molar-refractivity contribution in [3.63, 3.8) is 0 Å². The van der Waals surface area contributed by atoms with Crippen LogP contribution in [0.15, 0.2) is 30.3 Å². The van der Waals surface area contributed by atoms with Gasteiger partial charge in [0.2, 0.25) is 0 Å². The van der Waals surface area contributed by atoms with E-state index in [1.807, 2.05) is 0 Å². The van der Waals surface area contributed by atoms with Gasteiger partial charge in [-0.05, 0) is 77.3 Å². The van der Waals surface area contributed by atoms with Crippen LogP contribution < -0.4 is 0 Å². The number of hydrogen-bond donors (Lipinski definition) is 0. The second kappa shape index (κ2) is 5.34. The first-order valence-electron chi connectivity index (χ1n) is 9.63. The summed E-state index contributed by atoms with van der Waals surface area (Å²) >= 11 is 0. The van der Waals surface area contributed by atoms with E-state index in [4.69, 9.17) is 0 Å². The molecule has 0 fully saturated rings. The summed E-state index contributed by atoms with van der Waals surface area (Å²) in [7, 11) is 0. The van der Waals surface area contributed by atoms with Gasteiger partial charge in [-0.1, -0.05) is 75.2 Å². The van der Waals surface area contributed by atoms with E-state index in [0.717, 1.165) is 6.42 Å². The van der Waals surface area contributed by atoms with Crippen molar-refractivity contribution in [1.29, 1.82) is 0 Å². The van der Waals surface area contributed by atoms with E-state index in [1.54, 1.807) is 11.1 Å². The predicted octanol–water partition coefficient (Wildman–Crippen LogP) is 6.75. The predicted molar refractivity (Wildman–Crippen MR) is 109 cm³/mol. The average Bonchev–Trinajstić information content (AvgIpc) is 2.93. The zero-order chi connectivity index (χ0) is 18.0. The molecule has 0 heterocycles. The molecule has 2 aromatic carbocycles. The van der Waals surface area contributed by atoms with E-state index in [1.165, 1.54) is 46.2 Å². The zero-order valence-electron chi connectivity index (χ0n) is 16.6. The van der Waals surface area contributed by atoms with Crippen molar-refractivity contribution in [3.8, 4) is 0 Å². The molecule has 0 aliphatic heterocycles. The van der Waals surface area contributed by atoms with Crippen molar-refractivity contribution < 1.29 is 0 Å². The Balaban J connectivity index is 1.81. The van der Waals surface area contributed by atoms with Crippen LogP contribution in [-0.4, -0.2) is 0 Å². The molecule has 0 atom stereocenters. The first-order valence-corrected chi connectivity index (χ1v) is 9.63. The van der Waals surface area contributed by atoms with E-state index >= 15 is 0 Å². The second-order valence-electron chi connectivity index (χ2n) is 9.59. The fraction of sp³-hybridized carbons (Fsp3) is 0.440. The van der Waals surface area contributed by atoms with Gasteiger partial charge in [0.05, 0.1) is 0 Å². The van der Waals surface area contributed by atoms with E-state index in [9.17, 15) is 0 Å². The topological polar surface area (TPSA) is 0 Å². The maximum Gasteiger partial charge on any atom is -0.00136 e. The highest BCUT2D eigenvalue weighted by atomic mass is 14.4. The van der Waals surface area contributed by atoms with Gasteiger partial charge in [0.25, 0.3) is 0 Å². The smallest absolute Gasteiger partial charge is 0.00136 e. The Morgan fingerprint density at radius 3 is 1.88 bits per heavy atom. The minimum atomic E-state index is 0.288. The zero-order valence-corrected chi connectivity index (χ0v) is 16.6. The fourth-order valence-corrected chi connectivity index (χ4v) is 4.75. The molecule has 0 nitrogen and oxygen atoms in total. The van der Waals surface area contributed by atoms with Gasteiger partial charge in [-0.15, -0.1) is 0 Å². The van der Waals surface area contributed by atoms with Gasteiger partial charge in [0.15, 0.2) is 0 Å². The Kier molecular flexibility index (Phi) is 3.55. The quantitative estimate of drug-likeness (QED) is 0.542. The molecule has 0 heteroatoms. The van der Waals surface area contributed by atoms with Crippen LogP contribution in [0.25, 0.3) is 11.6 Å². The summed E-state index contributed by atoms with van der Waals surface area (Å²) in [5, 5.41) is 0. The van der Waals surface area contributed by atoms with Crippen LogP contribution in [0.1, 0.15) is 79.5 Å². The Morgan fingerprint density at radius 1 is 0.720 bits per heavy atom. The molecule has 0 unspecified atom stereocenters. The van der Waals surface area contributed by atoms with Crippen molar-refractivity contribution >= 4 is 11.6 Å². The monoisotopic (exact) mass is 330 g/mol. The molecule has 0 bridgehead atoms. The lowest BCUT2D eigenvalue weighted by atomic mass is 9.62. The standard InChI is InChI=1S/C25H30/c1-16-9-17(2)11-18(10-16)19-12-20-14-22-23(15-21(20)13-19)25(5,6)8-7-24(22,3)4/h9-12,14-15H,7-8,13H2,1-6H3. The number of benzene rings is 2. The van der Waals surface area contributed by atoms with Crippen molar-refractivity contribution in [1.82, 2.24) is 0 Å². The SMILES string of the molecule is Cc1cc(C)cc(C2=Cc3cc4c(cc3C2)C(C)(C)CCC4(C)C)c1. The Bertz CT molecular complexity index is 870. The molecule has 0 N–H and O–H groups in total. The maximum absolute atomic E-state index is 2.53. The van der Waals surface area contributed by atoms with E-state index in [2.05, 4.69) is 78.0 Å². The minimum absolute atomic E-state index is 0.288. The molecule has 0 spiro atoms. The molecule has 2 aliphatic carbocycles. The third kappa shape index (κ3) is 2.76. The summed E-state index contributed by atoms with van der Waals surface area (Å²) in [5.41, 5.74) is 12.3. The van der Waals surface area contributed by atoms with Crippen LogP contribution in [-0.2, 0) is 17.3 Å². The van der Waals surface area contributed by atoms with Crippen LogP contribution in [0.4, 0.5) is 0 Å². The first-order chi connectivity index (χ1) is 11.7. The summed E-state index contributed by atoms with van der Waals surface area (Å²) in [6, 6.07) is 12.0. The molecule has 4 rings (SSSR count). The highest BCUT2D eigenvalue weighted by molar-refractivity contribution is 5.89. The minimum Gasteiger partial charge on any atom is -0.0563 e. The van der Waals surface area contributed by atoms with Gasteiger partial charge in [-0.2, -0.15) is 0 Å². The van der Waals surface area contributed by atoms with E-state index in [0.29, 0.717) is 5.41 Å². The van der Waals surface area contributed by atoms with Gasteiger partial charge in [0, 0.05) is 0 Å². The summed E-state index contributed by atoms with van der Waals surface area (Å²) in [5.74, 6) is 0. The van der Waals surface area contributed by atoms with E-state index in [-0.39, 0.29) is 5.41 Å². The molecular formula is C25H30. The van der Waals surface area contributed by atoms with Crippen LogP contribution >= 0.6 is 0 Å². The van der Waals surface area contributed by atoms with Gasteiger partial charge in [-0.3, -0.25) is 0 Å². The van der Waals surface area contributed by atoms with Gasteiger partial charge in [-0.25, -0.2) is 0 Å². The summed E-state index contributed by atoms with van der Waals surface area (Å²) < 4.78 is 0. The maximum atomic E-state index is 2.53. The van der Waals surface area contributed by atoms with Gasteiger partial charge < -0.3 is 0 Å². The van der Waals surface area contributed by atoms with Crippen LogP contribution in [0, 0.1) is 13.8 Å². The number of rotatable bonds is 1. The number of fused-ring (bicyclic) bond motifs is 2. The average molecular weight is 331 g/mol. The molecule has 0 saturated carbocycles. The molecule has 0 aromatic heterocycles. The molecule has 130 valence electrons. The fourth-order valence-electron chi connectivity index (χ4n) is 4.75. The van der Waals surface area contributed by atoms with E-state index < -0.39 is 0 Å². The molecule has 0 radical (unpaired) electrons. The Labute approximate surface area is 153 Å². The number of hydrogen-bond acceptors (Lipinski definition) is 0. The van der Waals surface area contributed by atoms with Crippen molar-refractivity contribution in [2.75, 3.05) is 0 Å². The largest absolute Gasteiger partial charge is 0.0563 e. The van der Waals surface area contributed by atoms with Gasteiger partial charge in [0.1, 0.15) is 0 Å². The molecule has 25 heavy (non-hydrogen) atoms. The number of allylic oxidation sites excluding steroid dienone is 1. The summed E-state index contributed by atoms with van der Waals surface area (Å²) in [6.45, 7) is 14.1. The molecule has 2 aromatic rings. The normalized spacial score (nSPS) is 20.0. The summed E-state index contributed by atoms with van der Waals surface area (Å²) in [4.78, 5) is 0. The van der Waals surface area contributed by atoms with Gasteiger partial charge >= 0.3 is 0 Å². The third-order valence-electron chi connectivity index (χ3n) is 6.42. The molecule has 0 saturated heterocycles. The lowest BCUT2D eigenvalue weighted by Gasteiger charge is -2.42. The summed E-state index contributed by atoms with van der Waals surface area (Å²) in [6.07, 6.45) is 6.06. The first kappa shape index (κ1) is 16.6. The van der Waals surface area contributed by atoms with Crippen molar-refractivity contribution in [2.24, 2.45) is 0 Å². The third-order valence-corrected chi connectivity index (χ3v) is 6.42. The highest BCUT2D eigenvalue weighted by Gasteiger charge is 2.38. The molecule has 0 amide bonds. The lowest BCUT2D eigenvalue weighted by Crippen LogP contribution is -2.34. The van der Waals surface area contributed by atoms with Crippen molar-refractivity contribution in [3.05, 3.63) is 69.3 Å². The second-order valence-corrected chi connectivity index (χ2v) is 9.59. The Hall–Kier alpha value is -1.82.